The number of carboxylic acids is 1. The minimum atomic E-state index is -1.30. The van der Waals surface area contributed by atoms with E-state index in [9.17, 15) is 13.6 Å². The second kappa shape index (κ2) is 5.27. The molecule has 0 heterocycles. The quantitative estimate of drug-likeness (QED) is 0.846. The molecule has 0 amide bonds. The third-order valence-electron chi connectivity index (χ3n) is 2.41. The van der Waals surface area contributed by atoms with Crippen molar-refractivity contribution in [1.29, 1.82) is 0 Å². The number of nitrogen functional groups attached to an aromatic ring is 1. The highest BCUT2D eigenvalue weighted by Crippen LogP contribution is 2.34. The van der Waals surface area contributed by atoms with Gasteiger partial charge < -0.3 is 10.8 Å². The molecule has 2 aromatic carbocycles. The van der Waals surface area contributed by atoms with Gasteiger partial charge in [0, 0.05) is 9.79 Å². The Labute approximate surface area is 112 Å². The van der Waals surface area contributed by atoms with Crippen LogP contribution in [-0.2, 0) is 0 Å². The standard InChI is InChI=1S/C13H9F2NO2S/c14-7-1-3-8(4-2-7)19-10-6-5-9(15)12(16)11(10)13(17)18/h1-6H,16H2,(H,17,18). The molecule has 0 aromatic heterocycles. The first-order valence-electron chi connectivity index (χ1n) is 5.23. The highest BCUT2D eigenvalue weighted by Gasteiger charge is 2.18. The average molecular weight is 281 g/mol. The van der Waals surface area contributed by atoms with Crippen LogP contribution in [0.5, 0.6) is 0 Å². The first-order valence-corrected chi connectivity index (χ1v) is 6.05. The van der Waals surface area contributed by atoms with E-state index in [1.165, 1.54) is 30.3 Å². The number of benzene rings is 2. The monoisotopic (exact) mass is 281 g/mol. The van der Waals surface area contributed by atoms with Crippen molar-refractivity contribution in [3.05, 3.63) is 53.6 Å². The third-order valence-corrected chi connectivity index (χ3v) is 3.48. The molecule has 2 aromatic rings. The summed E-state index contributed by atoms with van der Waals surface area (Å²) in [5.41, 5.74) is 4.75. The molecule has 3 N–H and O–H groups in total. The van der Waals surface area contributed by atoms with Gasteiger partial charge in [-0.2, -0.15) is 0 Å². The van der Waals surface area contributed by atoms with Gasteiger partial charge in [0.05, 0.1) is 11.3 Å². The summed E-state index contributed by atoms with van der Waals surface area (Å²) in [6.45, 7) is 0. The Hall–Kier alpha value is -2.08. The molecule has 3 nitrogen and oxygen atoms in total. The van der Waals surface area contributed by atoms with Crippen molar-refractivity contribution in [3.63, 3.8) is 0 Å². The summed E-state index contributed by atoms with van der Waals surface area (Å²) < 4.78 is 26.0. The third kappa shape index (κ3) is 2.85. The fraction of sp³-hybridized carbons (Fsp3) is 0. The van der Waals surface area contributed by atoms with E-state index in [-0.39, 0.29) is 11.4 Å². The summed E-state index contributed by atoms with van der Waals surface area (Å²) in [6, 6.07) is 7.97. The summed E-state index contributed by atoms with van der Waals surface area (Å²) in [6.07, 6.45) is 0. The molecule has 19 heavy (non-hydrogen) atoms. The smallest absolute Gasteiger partial charge is 0.339 e. The SMILES string of the molecule is Nc1c(F)ccc(Sc2ccc(F)cc2)c1C(=O)O. The van der Waals surface area contributed by atoms with Gasteiger partial charge in [-0.3, -0.25) is 0 Å². The van der Waals surface area contributed by atoms with Gasteiger partial charge in [0.15, 0.2) is 0 Å². The Kier molecular flexibility index (Phi) is 3.71. The Morgan fingerprint density at radius 3 is 2.32 bits per heavy atom. The number of hydrogen-bond acceptors (Lipinski definition) is 3. The van der Waals surface area contributed by atoms with E-state index in [0.717, 1.165) is 17.8 Å². The molecule has 0 unspecified atom stereocenters. The molecule has 0 aliphatic carbocycles. The Bertz CT molecular complexity index is 629. The first kappa shape index (κ1) is 13.4. The molecule has 0 spiro atoms. The van der Waals surface area contributed by atoms with E-state index in [0.29, 0.717) is 9.79 Å². The van der Waals surface area contributed by atoms with Crippen molar-refractivity contribution in [3.8, 4) is 0 Å². The number of carboxylic acid groups (broad SMARTS) is 1. The lowest BCUT2D eigenvalue weighted by atomic mass is 10.2. The molecule has 0 bridgehead atoms. The Morgan fingerprint density at radius 2 is 1.74 bits per heavy atom. The number of carbonyl (C=O) groups is 1. The largest absolute Gasteiger partial charge is 0.478 e. The van der Waals surface area contributed by atoms with Gasteiger partial charge in [0.25, 0.3) is 0 Å². The van der Waals surface area contributed by atoms with Gasteiger partial charge in [0.1, 0.15) is 11.6 Å². The molecule has 0 fully saturated rings. The van der Waals surface area contributed by atoms with Crippen LogP contribution in [0.3, 0.4) is 0 Å². The molecular weight excluding hydrogens is 272 g/mol. The average Bonchev–Trinajstić information content (AvgIpc) is 2.36. The zero-order chi connectivity index (χ0) is 14.0. The molecule has 98 valence electrons. The summed E-state index contributed by atoms with van der Waals surface area (Å²) in [5, 5.41) is 9.07. The number of anilines is 1. The lowest BCUT2D eigenvalue weighted by Gasteiger charge is -2.09. The fourth-order valence-corrected chi connectivity index (χ4v) is 2.47. The lowest BCUT2D eigenvalue weighted by molar-refractivity contribution is 0.0694. The van der Waals surface area contributed by atoms with E-state index in [1.54, 1.807) is 0 Å². The maximum atomic E-state index is 13.3. The molecule has 0 saturated carbocycles. The van der Waals surface area contributed by atoms with Crippen molar-refractivity contribution in [2.24, 2.45) is 0 Å². The number of aromatic carboxylic acids is 1. The van der Waals surface area contributed by atoms with Gasteiger partial charge in [-0.25, -0.2) is 13.6 Å². The van der Waals surface area contributed by atoms with E-state index < -0.39 is 17.5 Å². The van der Waals surface area contributed by atoms with E-state index in [2.05, 4.69) is 0 Å². The van der Waals surface area contributed by atoms with Crippen LogP contribution in [0.25, 0.3) is 0 Å². The van der Waals surface area contributed by atoms with E-state index >= 15 is 0 Å². The molecule has 0 radical (unpaired) electrons. The van der Waals surface area contributed by atoms with Crippen LogP contribution < -0.4 is 5.73 Å². The van der Waals surface area contributed by atoms with Gasteiger partial charge in [-0.15, -0.1) is 0 Å². The first-order chi connectivity index (χ1) is 8.99. The van der Waals surface area contributed by atoms with Crippen LogP contribution in [0, 0.1) is 11.6 Å². The molecule has 0 saturated heterocycles. The number of hydrogen-bond donors (Lipinski definition) is 2. The minimum absolute atomic E-state index is 0.283. The van der Waals surface area contributed by atoms with Gasteiger partial charge in [-0.1, -0.05) is 11.8 Å². The summed E-state index contributed by atoms with van der Waals surface area (Å²) in [5.74, 6) is -2.47. The fourth-order valence-electron chi connectivity index (χ4n) is 1.51. The van der Waals surface area contributed by atoms with Crippen LogP contribution >= 0.6 is 11.8 Å². The maximum absolute atomic E-state index is 13.3. The summed E-state index contributed by atoms with van der Waals surface area (Å²) >= 11 is 1.08. The van der Waals surface area contributed by atoms with Crippen LogP contribution in [0.15, 0.2) is 46.2 Å². The lowest BCUT2D eigenvalue weighted by Crippen LogP contribution is -2.06. The normalized spacial score (nSPS) is 10.4. The maximum Gasteiger partial charge on any atom is 0.339 e. The molecule has 0 atom stereocenters. The van der Waals surface area contributed by atoms with Crippen LogP contribution in [-0.4, -0.2) is 11.1 Å². The van der Waals surface area contributed by atoms with Crippen molar-refractivity contribution >= 4 is 23.4 Å². The molecule has 0 aliphatic heterocycles. The molecule has 2 rings (SSSR count). The van der Waals surface area contributed by atoms with Crippen molar-refractivity contribution in [1.82, 2.24) is 0 Å². The van der Waals surface area contributed by atoms with Gasteiger partial charge >= 0.3 is 5.97 Å². The van der Waals surface area contributed by atoms with Gasteiger partial charge in [-0.05, 0) is 36.4 Å². The Morgan fingerprint density at radius 1 is 1.11 bits per heavy atom. The van der Waals surface area contributed by atoms with Crippen molar-refractivity contribution in [2.75, 3.05) is 5.73 Å². The van der Waals surface area contributed by atoms with Crippen molar-refractivity contribution in [2.45, 2.75) is 9.79 Å². The second-order valence-electron chi connectivity index (χ2n) is 3.70. The Balaban J connectivity index is 2.42. The van der Waals surface area contributed by atoms with E-state index in [4.69, 9.17) is 10.8 Å². The zero-order valence-corrected chi connectivity index (χ0v) is 10.4. The molecule has 0 aliphatic rings. The second-order valence-corrected chi connectivity index (χ2v) is 4.81. The zero-order valence-electron chi connectivity index (χ0n) is 9.56. The number of rotatable bonds is 3. The molecular formula is C13H9F2NO2S. The van der Waals surface area contributed by atoms with E-state index in [1.807, 2.05) is 0 Å². The van der Waals surface area contributed by atoms with Crippen LogP contribution in [0.2, 0.25) is 0 Å². The van der Waals surface area contributed by atoms with Crippen molar-refractivity contribution < 1.29 is 18.7 Å². The topological polar surface area (TPSA) is 63.3 Å². The van der Waals surface area contributed by atoms with Crippen LogP contribution in [0.1, 0.15) is 10.4 Å². The summed E-state index contributed by atoms with van der Waals surface area (Å²) in [4.78, 5) is 12.1. The van der Waals surface area contributed by atoms with Gasteiger partial charge in [0.2, 0.25) is 0 Å². The summed E-state index contributed by atoms with van der Waals surface area (Å²) in [7, 11) is 0. The minimum Gasteiger partial charge on any atom is -0.478 e. The number of halogens is 2. The van der Waals surface area contributed by atoms with Crippen LogP contribution in [0.4, 0.5) is 14.5 Å². The molecule has 6 heteroatoms. The highest BCUT2D eigenvalue weighted by atomic mass is 32.2. The number of nitrogens with two attached hydrogens (primary N) is 1. The predicted octanol–water partition coefficient (Wildman–Crippen LogP) is 3.40. The predicted molar refractivity (Wildman–Crippen MR) is 68.3 cm³/mol. The highest BCUT2D eigenvalue weighted by molar-refractivity contribution is 7.99.